The van der Waals surface area contributed by atoms with Crippen LogP contribution in [0.25, 0.3) is 0 Å². The zero-order valence-corrected chi connectivity index (χ0v) is 13.4. The van der Waals surface area contributed by atoms with Gasteiger partial charge in [0.25, 0.3) is 0 Å². The molecule has 2 aromatic heterocycles. The van der Waals surface area contributed by atoms with E-state index in [9.17, 15) is 0 Å². The maximum absolute atomic E-state index is 5.16. The summed E-state index contributed by atoms with van der Waals surface area (Å²) in [7, 11) is 3.17. The van der Waals surface area contributed by atoms with Crippen LogP contribution in [0, 0.1) is 5.92 Å². The van der Waals surface area contributed by atoms with E-state index in [0.717, 1.165) is 24.1 Å². The first-order valence-corrected chi connectivity index (χ1v) is 7.37. The van der Waals surface area contributed by atoms with Crippen LogP contribution in [0.3, 0.4) is 0 Å². The van der Waals surface area contributed by atoms with Crippen LogP contribution in [0.5, 0.6) is 11.8 Å². The monoisotopic (exact) mass is 353 g/mol. The van der Waals surface area contributed by atoms with Crippen molar-refractivity contribution in [1.82, 2.24) is 19.7 Å². The lowest BCUT2D eigenvalue weighted by Gasteiger charge is -2.39. The second kappa shape index (κ2) is 5.88. The third-order valence-electron chi connectivity index (χ3n) is 3.37. The van der Waals surface area contributed by atoms with E-state index in [1.54, 1.807) is 26.5 Å². The number of hydrogen-bond acceptors (Lipinski definition) is 6. The lowest BCUT2D eigenvalue weighted by molar-refractivity contribution is 0.330. The number of rotatable bonds is 5. The molecule has 0 unspecified atom stereocenters. The van der Waals surface area contributed by atoms with E-state index >= 15 is 0 Å². The smallest absolute Gasteiger partial charge is 0.231 e. The van der Waals surface area contributed by atoms with Gasteiger partial charge in [0.15, 0.2) is 0 Å². The quantitative estimate of drug-likeness (QED) is 0.813. The molecule has 1 fully saturated rings. The molecule has 1 aliphatic rings. The second-order valence-corrected chi connectivity index (χ2v) is 5.82. The molecule has 8 heteroatoms. The van der Waals surface area contributed by atoms with Crippen LogP contribution in [0.4, 0.5) is 5.95 Å². The van der Waals surface area contributed by atoms with Crippen LogP contribution in [0.1, 0.15) is 0 Å². The van der Waals surface area contributed by atoms with Crippen LogP contribution in [0.15, 0.2) is 22.9 Å². The van der Waals surface area contributed by atoms with Crippen molar-refractivity contribution >= 4 is 21.9 Å². The van der Waals surface area contributed by atoms with E-state index in [1.165, 1.54) is 0 Å². The topological polar surface area (TPSA) is 65.3 Å². The summed E-state index contributed by atoms with van der Waals surface area (Å²) in [5.41, 5.74) is 0. The Morgan fingerprint density at radius 2 is 1.90 bits per heavy atom. The lowest BCUT2D eigenvalue weighted by Crippen LogP contribution is -2.49. The van der Waals surface area contributed by atoms with Crippen LogP contribution in [0.2, 0.25) is 0 Å². The van der Waals surface area contributed by atoms with Gasteiger partial charge in [0.1, 0.15) is 0 Å². The van der Waals surface area contributed by atoms with Gasteiger partial charge >= 0.3 is 0 Å². The van der Waals surface area contributed by atoms with E-state index in [1.807, 2.05) is 10.9 Å². The standard InChI is InChI=1S/C13H16BrN5O2/c1-20-11-3-12(21-2)17-13(16-11)18-5-9(6-18)7-19-8-10(14)4-15-19/h3-4,8-9H,5-7H2,1-2H3. The first-order valence-electron chi connectivity index (χ1n) is 6.58. The lowest BCUT2D eigenvalue weighted by atomic mass is 10.0. The molecule has 0 spiro atoms. The van der Waals surface area contributed by atoms with Crippen molar-refractivity contribution < 1.29 is 9.47 Å². The zero-order chi connectivity index (χ0) is 14.8. The molecule has 0 aliphatic carbocycles. The van der Waals surface area contributed by atoms with E-state index < -0.39 is 0 Å². The average Bonchev–Trinajstić information content (AvgIpc) is 2.87. The number of aromatic nitrogens is 4. The van der Waals surface area contributed by atoms with E-state index in [4.69, 9.17) is 9.47 Å². The number of halogens is 1. The highest BCUT2D eigenvalue weighted by molar-refractivity contribution is 9.10. The minimum absolute atomic E-state index is 0.510. The van der Waals surface area contributed by atoms with Gasteiger partial charge in [0.05, 0.1) is 31.0 Å². The summed E-state index contributed by atoms with van der Waals surface area (Å²) < 4.78 is 13.3. The summed E-state index contributed by atoms with van der Waals surface area (Å²) in [6.07, 6.45) is 3.78. The normalized spacial score (nSPS) is 14.9. The Hall–Kier alpha value is -1.83. The Labute approximate surface area is 131 Å². The summed E-state index contributed by atoms with van der Waals surface area (Å²) >= 11 is 3.40. The second-order valence-electron chi connectivity index (χ2n) is 4.90. The van der Waals surface area contributed by atoms with Crippen molar-refractivity contribution in [3.8, 4) is 11.8 Å². The van der Waals surface area contributed by atoms with Crippen molar-refractivity contribution in [3.05, 3.63) is 22.9 Å². The highest BCUT2D eigenvalue weighted by Crippen LogP contribution is 2.26. The van der Waals surface area contributed by atoms with E-state index in [2.05, 4.69) is 35.9 Å². The molecule has 0 bridgehead atoms. The first kappa shape index (κ1) is 14.1. The molecule has 7 nitrogen and oxygen atoms in total. The number of hydrogen-bond donors (Lipinski definition) is 0. The Bertz CT molecular complexity index is 605. The third kappa shape index (κ3) is 3.10. The minimum Gasteiger partial charge on any atom is -0.481 e. The molecular weight excluding hydrogens is 338 g/mol. The predicted octanol–water partition coefficient (Wildman–Crippen LogP) is 1.59. The van der Waals surface area contributed by atoms with Crippen LogP contribution in [-0.2, 0) is 6.54 Å². The predicted molar refractivity (Wildman–Crippen MR) is 80.8 cm³/mol. The molecule has 3 heterocycles. The Morgan fingerprint density at radius 3 is 2.43 bits per heavy atom. The highest BCUT2D eigenvalue weighted by atomic mass is 79.9. The molecule has 21 heavy (non-hydrogen) atoms. The fourth-order valence-electron chi connectivity index (χ4n) is 2.29. The number of ether oxygens (including phenoxy) is 2. The van der Waals surface area contributed by atoms with E-state index in [0.29, 0.717) is 23.6 Å². The molecular formula is C13H16BrN5O2. The van der Waals surface area contributed by atoms with Crippen molar-refractivity contribution in [3.63, 3.8) is 0 Å². The van der Waals surface area contributed by atoms with Crippen molar-refractivity contribution in [2.24, 2.45) is 5.92 Å². The molecule has 3 rings (SSSR count). The van der Waals surface area contributed by atoms with E-state index in [-0.39, 0.29) is 0 Å². The molecule has 0 atom stereocenters. The van der Waals surface area contributed by atoms with Gasteiger partial charge in [-0.25, -0.2) is 0 Å². The maximum atomic E-state index is 5.16. The summed E-state index contributed by atoms with van der Waals surface area (Å²) in [4.78, 5) is 10.8. The molecule has 112 valence electrons. The third-order valence-corrected chi connectivity index (χ3v) is 3.78. The molecule has 0 saturated carbocycles. The average molecular weight is 354 g/mol. The van der Waals surface area contributed by atoms with Gasteiger partial charge in [-0.2, -0.15) is 15.1 Å². The molecule has 1 aliphatic heterocycles. The number of methoxy groups -OCH3 is 2. The number of anilines is 1. The fourth-order valence-corrected chi connectivity index (χ4v) is 2.62. The van der Waals surface area contributed by atoms with Crippen LogP contribution >= 0.6 is 15.9 Å². The summed E-state index contributed by atoms with van der Waals surface area (Å²) in [6.45, 7) is 2.69. The molecule has 2 aromatic rings. The largest absolute Gasteiger partial charge is 0.481 e. The van der Waals surface area contributed by atoms with Crippen LogP contribution in [-0.4, -0.2) is 47.1 Å². The molecule has 0 aromatic carbocycles. The Balaban J connectivity index is 1.63. The SMILES string of the molecule is COc1cc(OC)nc(N2CC(Cn3cc(Br)cn3)C2)n1. The van der Waals surface area contributed by atoms with Crippen molar-refractivity contribution in [1.29, 1.82) is 0 Å². The maximum Gasteiger partial charge on any atom is 0.231 e. The van der Waals surface area contributed by atoms with Gasteiger partial charge < -0.3 is 14.4 Å². The highest BCUT2D eigenvalue weighted by Gasteiger charge is 2.30. The first-order chi connectivity index (χ1) is 10.2. The van der Waals surface area contributed by atoms with Gasteiger partial charge in [-0.1, -0.05) is 0 Å². The molecule has 1 saturated heterocycles. The van der Waals surface area contributed by atoms with Gasteiger partial charge in [-0.3, -0.25) is 4.68 Å². The van der Waals surface area contributed by atoms with Gasteiger partial charge in [-0.15, -0.1) is 0 Å². The fraction of sp³-hybridized carbons (Fsp3) is 0.462. The Morgan fingerprint density at radius 1 is 1.24 bits per heavy atom. The van der Waals surface area contributed by atoms with Gasteiger partial charge in [0.2, 0.25) is 17.7 Å². The minimum atomic E-state index is 0.510. The summed E-state index contributed by atoms with van der Waals surface area (Å²) in [6, 6.07) is 1.67. The van der Waals surface area contributed by atoms with Gasteiger partial charge in [-0.05, 0) is 15.9 Å². The molecule has 0 radical (unpaired) electrons. The molecule has 0 N–H and O–H groups in total. The van der Waals surface area contributed by atoms with Crippen LogP contribution < -0.4 is 14.4 Å². The number of nitrogens with zero attached hydrogens (tertiary/aromatic N) is 5. The van der Waals surface area contributed by atoms with Crippen molar-refractivity contribution in [2.45, 2.75) is 6.54 Å². The molecule has 0 amide bonds. The van der Waals surface area contributed by atoms with Gasteiger partial charge in [0, 0.05) is 31.7 Å². The van der Waals surface area contributed by atoms with Crippen molar-refractivity contribution in [2.75, 3.05) is 32.2 Å². The summed E-state index contributed by atoms with van der Waals surface area (Å²) in [5.74, 6) is 2.20. The summed E-state index contributed by atoms with van der Waals surface area (Å²) in [5, 5.41) is 4.27. The Kier molecular flexibility index (Phi) is 3.96. The zero-order valence-electron chi connectivity index (χ0n) is 11.9.